The Kier molecular flexibility index (Phi) is 7.16. The summed E-state index contributed by atoms with van der Waals surface area (Å²) in [4.78, 5) is 1.28. The molecule has 0 spiro atoms. The highest BCUT2D eigenvalue weighted by Crippen LogP contribution is 2.34. The molecular formula is C14H23NO2S. The number of methoxy groups -OCH3 is 2. The number of benzene rings is 1. The van der Waals surface area contributed by atoms with Crippen LogP contribution >= 0.6 is 11.8 Å². The highest BCUT2D eigenvalue weighted by Gasteiger charge is 2.14. The van der Waals surface area contributed by atoms with E-state index >= 15 is 0 Å². The van der Waals surface area contributed by atoms with Crippen LogP contribution in [-0.4, -0.2) is 33.6 Å². The first kappa shape index (κ1) is 15.3. The Balaban J connectivity index is 2.81. The largest absolute Gasteiger partial charge is 0.496 e. The summed E-state index contributed by atoms with van der Waals surface area (Å²) in [6.45, 7) is 2.96. The van der Waals surface area contributed by atoms with Crippen LogP contribution in [0, 0.1) is 0 Å². The van der Waals surface area contributed by atoms with Crippen molar-refractivity contribution >= 4 is 11.8 Å². The monoisotopic (exact) mass is 269 g/mol. The molecule has 1 aromatic carbocycles. The summed E-state index contributed by atoms with van der Waals surface area (Å²) in [5.74, 6) is 2.01. The van der Waals surface area contributed by atoms with Gasteiger partial charge in [0.05, 0.1) is 7.11 Å². The molecule has 3 nitrogen and oxygen atoms in total. The first-order chi connectivity index (χ1) is 8.74. The lowest BCUT2D eigenvalue weighted by atomic mass is 10.1. The van der Waals surface area contributed by atoms with E-state index < -0.39 is 0 Å². The van der Waals surface area contributed by atoms with Crippen LogP contribution in [0.5, 0.6) is 5.75 Å². The van der Waals surface area contributed by atoms with Crippen LogP contribution in [0.1, 0.15) is 24.9 Å². The van der Waals surface area contributed by atoms with E-state index in [1.165, 1.54) is 10.5 Å². The fraction of sp³-hybridized carbons (Fsp3) is 0.571. The Morgan fingerprint density at radius 2 is 2.11 bits per heavy atom. The maximum Gasteiger partial charge on any atom is 0.124 e. The molecule has 1 rings (SSSR count). The SMILES string of the molecule is CNC(C)c1c(OC)cccc1SCCCOC. The van der Waals surface area contributed by atoms with Gasteiger partial charge in [0.25, 0.3) is 0 Å². The molecule has 0 aliphatic heterocycles. The standard InChI is InChI=1S/C14H23NO2S/c1-11(15-2)14-12(17-4)7-5-8-13(14)18-10-6-9-16-3/h5,7-8,11,15H,6,9-10H2,1-4H3. The van der Waals surface area contributed by atoms with E-state index in [0.717, 1.165) is 24.5 Å². The molecule has 1 atom stereocenters. The second-order valence-electron chi connectivity index (χ2n) is 4.08. The summed E-state index contributed by atoms with van der Waals surface area (Å²) >= 11 is 1.86. The highest BCUT2D eigenvalue weighted by atomic mass is 32.2. The van der Waals surface area contributed by atoms with Gasteiger partial charge in [0.2, 0.25) is 0 Å². The van der Waals surface area contributed by atoms with Gasteiger partial charge in [-0.3, -0.25) is 0 Å². The van der Waals surface area contributed by atoms with E-state index in [1.54, 1.807) is 14.2 Å². The molecule has 0 saturated heterocycles. The van der Waals surface area contributed by atoms with Crippen molar-refractivity contribution in [1.82, 2.24) is 5.32 Å². The van der Waals surface area contributed by atoms with Crippen molar-refractivity contribution in [2.75, 3.05) is 33.6 Å². The zero-order valence-electron chi connectivity index (χ0n) is 11.7. The number of rotatable bonds is 8. The first-order valence-corrected chi connectivity index (χ1v) is 7.19. The zero-order chi connectivity index (χ0) is 13.4. The van der Waals surface area contributed by atoms with Crippen LogP contribution in [0.15, 0.2) is 23.1 Å². The molecule has 0 fully saturated rings. The van der Waals surface area contributed by atoms with Gasteiger partial charge < -0.3 is 14.8 Å². The summed E-state index contributed by atoms with van der Waals surface area (Å²) in [6, 6.07) is 6.50. The average molecular weight is 269 g/mol. The highest BCUT2D eigenvalue weighted by molar-refractivity contribution is 7.99. The summed E-state index contributed by atoms with van der Waals surface area (Å²) in [5, 5.41) is 3.28. The van der Waals surface area contributed by atoms with E-state index in [1.807, 2.05) is 30.9 Å². The molecule has 4 heteroatoms. The number of thioether (sulfide) groups is 1. The molecule has 102 valence electrons. The molecule has 0 radical (unpaired) electrons. The van der Waals surface area contributed by atoms with E-state index in [0.29, 0.717) is 0 Å². The third-order valence-corrected chi connectivity index (χ3v) is 4.02. The smallest absolute Gasteiger partial charge is 0.124 e. The molecule has 1 N–H and O–H groups in total. The van der Waals surface area contributed by atoms with E-state index in [9.17, 15) is 0 Å². The Morgan fingerprint density at radius 1 is 1.33 bits per heavy atom. The van der Waals surface area contributed by atoms with Crippen LogP contribution < -0.4 is 10.1 Å². The number of nitrogens with one attached hydrogen (secondary N) is 1. The molecule has 0 aliphatic carbocycles. The second kappa shape index (κ2) is 8.40. The fourth-order valence-corrected chi connectivity index (χ4v) is 2.87. The van der Waals surface area contributed by atoms with Crippen LogP contribution in [0.2, 0.25) is 0 Å². The van der Waals surface area contributed by atoms with Crippen LogP contribution in [0.4, 0.5) is 0 Å². The van der Waals surface area contributed by atoms with Gasteiger partial charge in [0.15, 0.2) is 0 Å². The molecule has 18 heavy (non-hydrogen) atoms. The molecule has 0 saturated carbocycles. The Bertz CT molecular complexity index is 358. The van der Waals surface area contributed by atoms with Crippen molar-refractivity contribution < 1.29 is 9.47 Å². The van der Waals surface area contributed by atoms with Crippen molar-refractivity contribution in [3.05, 3.63) is 23.8 Å². The van der Waals surface area contributed by atoms with Gasteiger partial charge in [-0.1, -0.05) is 6.07 Å². The number of ether oxygens (including phenoxy) is 2. The first-order valence-electron chi connectivity index (χ1n) is 6.20. The third-order valence-electron chi connectivity index (χ3n) is 2.86. The minimum atomic E-state index is 0.283. The van der Waals surface area contributed by atoms with E-state index in [2.05, 4.69) is 18.3 Å². The quantitative estimate of drug-likeness (QED) is 0.580. The summed E-state index contributed by atoms with van der Waals surface area (Å²) < 4.78 is 10.5. The summed E-state index contributed by atoms with van der Waals surface area (Å²) in [7, 11) is 5.43. The fourth-order valence-electron chi connectivity index (χ4n) is 1.78. The van der Waals surface area contributed by atoms with Crippen molar-refractivity contribution in [3.8, 4) is 5.75 Å². The lowest BCUT2D eigenvalue weighted by molar-refractivity contribution is 0.200. The lowest BCUT2D eigenvalue weighted by Crippen LogP contribution is -2.14. The Morgan fingerprint density at radius 3 is 2.72 bits per heavy atom. The molecular weight excluding hydrogens is 246 g/mol. The van der Waals surface area contributed by atoms with Gasteiger partial charge in [-0.15, -0.1) is 11.8 Å². The number of hydrogen-bond acceptors (Lipinski definition) is 4. The molecule has 0 bridgehead atoms. The molecule has 0 aliphatic rings. The predicted octanol–water partition coefficient (Wildman–Crippen LogP) is 3.10. The Hall–Kier alpha value is -0.710. The molecule has 0 amide bonds. The third kappa shape index (κ3) is 4.19. The zero-order valence-corrected chi connectivity index (χ0v) is 12.5. The van der Waals surface area contributed by atoms with E-state index in [-0.39, 0.29) is 6.04 Å². The van der Waals surface area contributed by atoms with Crippen LogP contribution in [0.3, 0.4) is 0 Å². The topological polar surface area (TPSA) is 30.5 Å². The predicted molar refractivity (Wildman–Crippen MR) is 77.7 cm³/mol. The maximum absolute atomic E-state index is 5.46. The van der Waals surface area contributed by atoms with Crippen LogP contribution in [-0.2, 0) is 4.74 Å². The minimum Gasteiger partial charge on any atom is -0.496 e. The van der Waals surface area contributed by atoms with E-state index in [4.69, 9.17) is 9.47 Å². The van der Waals surface area contributed by atoms with Crippen molar-refractivity contribution in [1.29, 1.82) is 0 Å². The molecule has 1 aromatic rings. The Labute approximate surface area is 114 Å². The minimum absolute atomic E-state index is 0.283. The molecule has 1 unspecified atom stereocenters. The number of hydrogen-bond donors (Lipinski definition) is 1. The van der Waals surface area contributed by atoms with Gasteiger partial charge in [-0.05, 0) is 32.5 Å². The van der Waals surface area contributed by atoms with Gasteiger partial charge in [-0.2, -0.15) is 0 Å². The van der Waals surface area contributed by atoms with Gasteiger partial charge >= 0.3 is 0 Å². The lowest BCUT2D eigenvalue weighted by Gasteiger charge is -2.19. The summed E-state index contributed by atoms with van der Waals surface area (Å²) in [5.41, 5.74) is 1.24. The van der Waals surface area contributed by atoms with Gasteiger partial charge in [0.1, 0.15) is 5.75 Å². The van der Waals surface area contributed by atoms with Gasteiger partial charge in [-0.25, -0.2) is 0 Å². The summed E-state index contributed by atoms with van der Waals surface area (Å²) in [6.07, 6.45) is 1.06. The maximum atomic E-state index is 5.46. The van der Waals surface area contributed by atoms with Crippen molar-refractivity contribution in [2.24, 2.45) is 0 Å². The molecule has 0 aromatic heterocycles. The second-order valence-corrected chi connectivity index (χ2v) is 5.21. The van der Waals surface area contributed by atoms with Gasteiger partial charge in [0, 0.05) is 36.0 Å². The van der Waals surface area contributed by atoms with Crippen molar-refractivity contribution in [3.63, 3.8) is 0 Å². The normalized spacial score (nSPS) is 12.4. The molecule has 0 heterocycles. The van der Waals surface area contributed by atoms with Crippen molar-refractivity contribution in [2.45, 2.75) is 24.3 Å². The van der Waals surface area contributed by atoms with Crippen LogP contribution in [0.25, 0.3) is 0 Å². The average Bonchev–Trinajstić information content (AvgIpc) is 2.42.